The van der Waals surface area contributed by atoms with E-state index in [1.165, 1.54) is 0 Å². The van der Waals surface area contributed by atoms with Crippen molar-refractivity contribution < 1.29 is 9.59 Å². The molecular formula is C18H15BrN4O3. The molecule has 0 spiro atoms. The molecule has 1 heterocycles. The summed E-state index contributed by atoms with van der Waals surface area (Å²) in [7, 11) is 0. The summed E-state index contributed by atoms with van der Waals surface area (Å²) in [5.41, 5.74) is 0.589. The van der Waals surface area contributed by atoms with E-state index in [9.17, 15) is 14.4 Å². The molecule has 26 heavy (non-hydrogen) atoms. The van der Waals surface area contributed by atoms with Crippen LogP contribution in [-0.2, 0) is 0 Å². The molecule has 0 aliphatic rings. The smallest absolute Gasteiger partial charge is 0.287 e. The van der Waals surface area contributed by atoms with Gasteiger partial charge >= 0.3 is 0 Å². The maximum absolute atomic E-state index is 12.1. The summed E-state index contributed by atoms with van der Waals surface area (Å²) in [6.07, 6.45) is 0. The number of para-hydroxylation sites is 1. The molecule has 3 rings (SSSR count). The number of aromatic amines is 1. The largest absolute Gasteiger partial charge is 0.350 e. The molecule has 3 aromatic rings. The summed E-state index contributed by atoms with van der Waals surface area (Å²) in [5.74, 6) is -0.821. The Balaban J connectivity index is 1.57. The Morgan fingerprint density at radius 3 is 2.38 bits per heavy atom. The van der Waals surface area contributed by atoms with Crippen LogP contribution in [0.4, 0.5) is 0 Å². The molecule has 1 aromatic heterocycles. The number of fused-ring (bicyclic) bond motifs is 1. The highest BCUT2D eigenvalue weighted by atomic mass is 79.9. The number of hydrogen-bond donors (Lipinski definition) is 3. The number of nitrogens with one attached hydrogen (secondary N) is 3. The first-order valence-electron chi connectivity index (χ1n) is 7.86. The third kappa shape index (κ3) is 3.97. The lowest BCUT2D eigenvalue weighted by Crippen LogP contribution is -2.36. The van der Waals surface area contributed by atoms with E-state index in [0.29, 0.717) is 20.9 Å². The number of benzene rings is 2. The summed E-state index contributed by atoms with van der Waals surface area (Å²) in [6.45, 7) is 0.440. The monoisotopic (exact) mass is 414 g/mol. The fourth-order valence-electron chi connectivity index (χ4n) is 2.37. The van der Waals surface area contributed by atoms with Crippen LogP contribution in [0.2, 0.25) is 0 Å². The van der Waals surface area contributed by atoms with E-state index < -0.39 is 5.91 Å². The van der Waals surface area contributed by atoms with E-state index >= 15 is 0 Å². The second-order valence-corrected chi connectivity index (χ2v) is 6.28. The first-order valence-corrected chi connectivity index (χ1v) is 8.65. The summed E-state index contributed by atoms with van der Waals surface area (Å²) >= 11 is 3.31. The Morgan fingerprint density at radius 1 is 0.962 bits per heavy atom. The number of H-pyrrole nitrogens is 1. The number of aromatic nitrogens is 2. The number of amides is 2. The maximum atomic E-state index is 12.1. The molecule has 0 atom stereocenters. The van der Waals surface area contributed by atoms with E-state index in [0.717, 1.165) is 0 Å². The molecule has 0 radical (unpaired) electrons. The standard InChI is InChI=1S/C18H15BrN4O3/c19-13-7-3-1-5-11(13)16(24)20-9-10-21-18(26)15-22-14-8-4-2-6-12(14)17(25)23-15/h1-8H,9-10H2,(H,20,24)(H,21,26)(H,22,23,25). The molecule has 0 saturated heterocycles. The molecule has 132 valence electrons. The van der Waals surface area contributed by atoms with Gasteiger partial charge in [-0.1, -0.05) is 24.3 Å². The van der Waals surface area contributed by atoms with E-state index in [1.807, 2.05) is 6.07 Å². The minimum absolute atomic E-state index is 0.0640. The molecule has 0 unspecified atom stereocenters. The van der Waals surface area contributed by atoms with E-state index in [4.69, 9.17) is 0 Å². The van der Waals surface area contributed by atoms with Gasteiger partial charge in [-0.15, -0.1) is 0 Å². The average molecular weight is 415 g/mol. The minimum Gasteiger partial charge on any atom is -0.350 e. The van der Waals surface area contributed by atoms with Crippen LogP contribution < -0.4 is 16.2 Å². The van der Waals surface area contributed by atoms with Gasteiger partial charge in [0.25, 0.3) is 17.4 Å². The number of carbonyl (C=O) groups excluding carboxylic acids is 2. The van der Waals surface area contributed by atoms with Crippen molar-refractivity contribution in [1.82, 2.24) is 20.6 Å². The Morgan fingerprint density at radius 2 is 1.62 bits per heavy atom. The molecule has 2 amide bonds. The molecule has 3 N–H and O–H groups in total. The number of halogens is 1. The van der Waals surface area contributed by atoms with Crippen molar-refractivity contribution in [2.75, 3.05) is 13.1 Å². The lowest BCUT2D eigenvalue weighted by molar-refractivity contribution is 0.0922. The number of hydrogen-bond acceptors (Lipinski definition) is 4. The number of nitrogens with zero attached hydrogens (tertiary/aromatic N) is 1. The van der Waals surface area contributed by atoms with Crippen LogP contribution in [0.3, 0.4) is 0 Å². The lowest BCUT2D eigenvalue weighted by atomic mass is 10.2. The molecule has 0 bridgehead atoms. The van der Waals surface area contributed by atoms with Crippen LogP contribution in [0, 0.1) is 0 Å². The van der Waals surface area contributed by atoms with E-state index in [1.54, 1.807) is 42.5 Å². The second kappa shape index (κ2) is 7.92. The molecule has 0 fully saturated rings. The van der Waals surface area contributed by atoms with E-state index in [-0.39, 0.29) is 30.4 Å². The number of rotatable bonds is 5. The molecule has 7 nitrogen and oxygen atoms in total. The second-order valence-electron chi connectivity index (χ2n) is 5.42. The molecule has 0 aliphatic heterocycles. The van der Waals surface area contributed by atoms with Gasteiger partial charge in [0.05, 0.1) is 16.5 Å². The lowest BCUT2D eigenvalue weighted by Gasteiger charge is -2.08. The minimum atomic E-state index is -0.511. The van der Waals surface area contributed by atoms with Crippen molar-refractivity contribution in [2.24, 2.45) is 0 Å². The Bertz CT molecular complexity index is 1030. The predicted octanol–water partition coefficient (Wildman–Crippen LogP) is 1.85. The third-order valence-electron chi connectivity index (χ3n) is 3.64. The van der Waals surface area contributed by atoms with Crippen LogP contribution in [0.15, 0.2) is 57.8 Å². The molecule has 2 aromatic carbocycles. The molecule has 0 saturated carbocycles. The zero-order chi connectivity index (χ0) is 18.5. The zero-order valence-electron chi connectivity index (χ0n) is 13.6. The van der Waals surface area contributed by atoms with Gasteiger partial charge in [-0.25, -0.2) is 4.98 Å². The van der Waals surface area contributed by atoms with Gasteiger partial charge in [-0.2, -0.15) is 0 Å². The Labute approximate surface area is 157 Å². The SMILES string of the molecule is O=C(NCCNC(=O)c1ccccc1Br)c1nc2ccccc2c(=O)[nH]1. The van der Waals surface area contributed by atoms with Crippen molar-refractivity contribution in [2.45, 2.75) is 0 Å². The van der Waals surface area contributed by atoms with Crippen LogP contribution >= 0.6 is 15.9 Å². The first-order chi connectivity index (χ1) is 12.6. The number of carbonyl (C=O) groups is 2. The van der Waals surface area contributed by atoms with Gasteiger partial charge in [0, 0.05) is 17.6 Å². The summed E-state index contributed by atoms with van der Waals surface area (Å²) in [5, 5.41) is 5.75. The molecular weight excluding hydrogens is 400 g/mol. The summed E-state index contributed by atoms with van der Waals surface area (Å²) in [6, 6.07) is 13.8. The van der Waals surface area contributed by atoms with Gasteiger partial charge in [0.1, 0.15) is 0 Å². The molecule has 8 heteroatoms. The first kappa shape index (κ1) is 17.8. The Hall–Kier alpha value is -3.00. The summed E-state index contributed by atoms with van der Waals surface area (Å²) in [4.78, 5) is 42.8. The van der Waals surface area contributed by atoms with Crippen molar-refractivity contribution in [1.29, 1.82) is 0 Å². The highest BCUT2D eigenvalue weighted by Crippen LogP contribution is 2.15. The van der Waals surface area contributed by atoms with Crippen LogP contribution in [0.5, 0.6) is 0 Å². The van der Waals surface area contributed by atoms with E-state index in [2.05, 4.69) is 36.5 Å². The zero-order valence-corrected chi connectivity index (χ0v) is 15.2. The maximum Gasteiger partial charge on any atom is 0.287 e. The van der Waals surface area contributed by atoms with Gasteiger partial charge < -0.3 is 15.6 Å². The fourth-order valence-corrected chi connectivity index (χ4v) is 2.84. The summed E-state index contributed by atoms with van der Waals surface area (Å²) < 4.78 is 0.694. The van der Waals surface area contributed by atoms with Crippen molar-refractivity contribution >= 4 is 38.6 Å². The van der Waals surface area contributed by atoms with Crippen LogP contribution in [-0.4, -0.2) is 34.9 Å². The fraction of sp³-hybridized carbons (Fsp3) is 0.111. The van der Waals surface area contributed by atoms with Gasteiger partial charge in [-0.3, -0.25) is 14.4 Å². The highest BCUT2D eigenvalue weighted by molar-refractivity contribution is 9.10. The predicted molar refractivity (Wildman–Crippen MR) is 101 cm³/mol. The van der Waals surface area contributed by atoms with Crippen LogP contribution in [0.25, 0.3) is 10.9 Å². The average Bonchev–Trinajstić information content (AvgIpc) is 2.65. The van der Waals surface area contributed by atoms with Crippen molar-refractivity contribution in [3.05, 3.63) is 74.7 Å². The van der Waals surface area contributed by atoms with Gasteiger partial charge in [0.2, 0.25) is 0 Å². The van der Waals surface area contributed by atoms with Crippen LogP contribution in [0.1, 0.15) is 21.0 Å². The molecule has 0 aliphatic carbocycles. The van der Waals surface area contributed by atoms with Crippen molar-refractivity contribution in [3.63, 3.8) is 0 Å². The van der Waals surface area contributed by atoms with Crippen molar-refractivity contribution in [3.8, 4) is 0 Å². The Kier molecular flexibility index (Phi) is 5.43. The highest BCUT2D eigenvalue weighted by Gasteiger charge is 2.12. The quantitative estimate of drug-likeness (QED) is 0.554. The normalized spacial score (nSPS) is 10.5. The topological polar surface area (TPSA) is 104 Å². The van der Waals surface area contributed by atoms with Gasteiger partial charge in [-0.05, 0) is 40.2 Å². The third-order valence-corrected chi connectivity index (χ3v) is 4.33. The van der Waals surface area contributed by atoms with Gasteiger partial charge in [0.15, 0.2) is 5.82 Å².